The van der Waals surface area contributed by atoms with Gasteiger partial charge in [-0.2, -0.15) is 3.71 Å². The van der Waals surface area contributed by atoms with Gasteiger partial charge in [-0.1, -0.05) is 37.7 Å². The van der Waals surface area contributed by atoms with Crippen molar-refractivity contribution in [1.82, 2.24) is 3.71 Å². The van der Waals surface area contributed by atoms with Gasteiger partial charge in [0.15, 0.2) is 0 Å². The molecule has 18 heavy (non-hydrogen) atoms. The summed E-state index contributed by atoms with van der Waals surface area (Å²) >= 11 is 3.09. The fourth-order valence-corrected chi connectivity index (χ4v) is 2.75. The maximum atomic E-state index is 11.9. The Morgan fingerprint density at radius 2 is 1.78 bits per heavy atom. The smallest absolute Gasteiger partial charge is 0.325 e. The van der Waals surface area contributed by atoms with E-state index in [9.17, 15) is 4.79 Å². The Balaban J connectivity index is -0.00000112. The van der Waals surface area contributed by atoms with Crippen LogP contribution in [0.5, 0.6) is 0 Å². The first-order valence-electron chi connectivity index (χ1n) is 5.30. The molecule has 0 aromatic carbocycles. The highest BCUT2D eigenvalue weighted by Gasteiger charge is 2.27. The Kier molecular flexibility index (Phi) is 18.6. The summed E-state index contributed by atoms with van der Waals surface area (Å²) in [7, 11) is 0. The lowest BCUT2D eigenvalue weighted by Gasteiger charge is -2.26. The van der Waals surface area contributed by atoms with E-state index >= 15 is 0 Å². The van der Waals surface area contributed by atoms with Crippen LogP contribution in [0.1, 0.15) is 20.3 Å². The molecule has 0 rings (SSSR count). The zero-order valence-corrected chi connectivity index (χ0v) is 14.5. The van der Waals surface area contributed by atoms with E-state index in [1.165, 1.54) is 0 Å². The molecule has 0 heterocycles. The normalized spacial score (nSPS) is 11.7. The highest BCUT2D eigenvalue weighted by molar-refractivity contribution is 8.11. The molecule has 0 saturated carbocycles. The van der Waals surface area contributed by atoms with Crippen LogP contribution in [0, 0.1) is 5.92 Å². The molecule has 0 aromatic heterocycles. The minimum Gasteiger partial charge on any atom is -0.463 e. The molecule has 0 saturated heterocycles. The molecule has 0 amide bonds. The van der Waals surface area contributed by atoms with Gasteiger partial charge < -0.3 is 10.5 Å². The first kappa shape index (κ1) is 23.7. The van der Waals surface area contributed by atoms with E-state index in [1.54, 1.807) is 23.9 Å². The molecule has 2 N–H and O–H groups in total. The van der Waals surface area contributed by atoms with Gasteiger partial charge in [0, 0.05) is 6.54 Å². The summed E-state index contributed by atoms with van der Waals surface area (Å²) < 4.78 is 7.08. The topological polar surface area (TPSA) is 55.6 Å². The predicted octanol–water partition coefficient (Wildman–Crippen LogP) is 2.60. The second-order valence-corrected chi connectivity index (χ2v) is 5.50. The number of hydrogen-bond acceptors (Lipinski definition) is 6. The number of ether oxygens (including phenoxy) is 1. The lowest BCUT2D eigenvalue weighted by molar-refractivity contribution is -0.147. The average Bonchev–Trinajstić information content (AvgIpc) is 2.25. The van der Waals surface area contributed by atoms with Gasteiger partial charge in [0.05, 0.1) is 0 Å². The number of nitrogens with two attached hydrogens (primary N) is 1. The van der Waals surface area contributed by atoms with Gasteiger partial charge in [-0.15, -0.1) is 24.8 Å². The number of rotatable bonds is 8. The van der Waals surface area contributed by atoms with E-state index in [-0.39, 0.29) is 36.8 Å². The van der Waals surface area contributed by atoms with Crippen LogP contribution in [0.3, 0.4) is 0 Å². The Hall–Kier alpha value is 0.670. The van der Waals surface area contributed by atoms with Gasteiger partial charge in [0.25, 0.3) is 0 Å². The maximum absolute atomic E-state index is 11.9. The summed E-state index contributed by atoms with van der Waals surface area (Å²) in [6, 6.07) is -0.198. The van der Waals surface area contributed by atoms with E-state index in [0.717, 1.165) is 6.42 Å². The molecule has 4 nitrogen and oxygen atoms in total. The van der Waals surface area contributed by atoms with E-state index < -0.39 is 0 Å². The van der Waals surface area contributed by atoms with Gasteiger partial charge in [0.1, 0.15) is 12.6 Å². The Bertz CT molecular complexity index is 208. The van der Waals surface area contributed by atoms with E-state index in [1.807, 2.05) is 16.2 Å². The molecule has 0 unspecified atom stereocenters. The number of carbonyl (C=O) groups is 1. The molecule has 8 heteroatoms. The lowest BCUT2D eigenvalue weighted by Crippen LogP contribution is -2.36. The molecule has 0 aliphatic heterocycles. The third-order valence-corrected chi connectivity index (χ3v) is 4.07. The average molecular weight is 339 g/mol. The van der Waals surface area contributed by atoms with Gasteiger partial charge in [0.2, 0.25) is 0 Å². The molecule has 1 atom stereocenters. The number of carbonyl (C=O) groups excluding carboxylic acids is 1. The third kappa shape index (κ3) is 9.58. The van der Waals surface area contributed by atoms with E-state index in [4.69, 9.17) is 10.5 Å². The van der Waals surface area contributed by atoms with Crippen molar-refractivity contribution >= 4 is 54.7 Å². The van der Waals surface area contributed by atoms with Crippen molar-refractivity contribution in [3.63, 3.8) is 0 Å². The van der Waals surface area contributed by atoms with Crippen molar-refractivity contribution in [2.24, 2.45) is 11.7 Å². The summed E-state index contributed by atoms with van der Waals surface area (Å²) in [6.07, 6.45) is 4.71. The maximum Gasteiger partial charge on any atom is 0.325 e. The van der Waals surface area contributed by atoms with Gasteiger partial charge in [-0.25, -0.2) is 0 Å². The van der Waals surface area contributed by atoms with Gasteiger partial charge in [-0.05, 0) is 24.9 Å². The second kappa shape index (κ2) is 14.1. The Morgan fingerprint density at radius 1 is 1.28 bits per heavy atom. The Morgan fingerprint density at radius 3 is 2.11 bits per heavy atom. The SMILES string of the molecule is CSN(SC)[C@@H](CC(C)C)C(=O)OCCN.Cl.Cl. The largest absolute Gasteiger partial charge is 0.463 e. The van der Waals surface area contributed by atoms with Crippen molar-refractivity contribution < 1.29 is 9.53 Å². The van der Waals surface area contributed by atoms with E-state index in [2.05, 4.69) is 13.8 Å². The molecule has 0 aromatic rings. The lowest BCUT2D eigenvalue weighted by atomic mass is 10.1. The van der Waals surface area contributed by atoms with Crippen molar-refractivity contribution in [2.75, 3.05) is 25.7 Å². The number of nitrogens with zero attached hydrogens (tertiary/aromatic N) is 1. The third-order valence-electron chi connectivity index (χ3n) is 1.94. The number of esters is 1. The molecule has 0 aliphatic rings. The minimum absolute atomic E-state index is 0. The first-order valence-corrected chi connectivity index (χ1v) is 7.67. The second-order valence-electron chi connectivity index (χ2n) is 3.75. The van der Waals surface area contributed by atoms with Crippen LogP contribution in [0.25, 0.3) is 0 Å². The van der Waals surface area contributed by atoms with Crippen molar-refractivity contribution in [3.8, 4) is 0 Å². The van der Waals surface area contributed by atoms with Crippen molar-refractivity contribution in [1.29, 1.82) is 0 Å². The van der Waals surface area contributed by atoms with Crippen LogP contribution in [0.15, 0.2) is 0 Å². The van der Waals surface area contributed by atoms with Crippen LogP contribution >= 0.6 is 48.7 Å². The van der Waals surface area contributed by atoms with Crippen LogP contribution in [-0.4, -0.2) is 41.4 Å². The highest BCUT2D eigenvalue weighted by atomic mass is 35.5. The van der Waals surface area contributed by atoms with Gasteiger partial charge >= 0.3 is 5.97 Å². The molecule has 0 aliphatic carbocycles. The molecule has 112 valence electrons. The van der Waals surface area contributed by atoms with Crippen LogP contribution in [0.4, 0.5) is 0 Å². The molecule has 0 spiro atoms. The zero-order chi connectivity index (χ0) is 12.6. The fourth-order valence-electron chi connectivity index (χ4n) is 1.30. The monoisotopic (exact) mass is 338 g/mol. The Labute approximate surface area is 131 Å². The van der Waals surface area contributed by atoms with Crippen LogP contribution < -0.4 is 5.73 Å². The van der Waals surface area contributed by atoms with E-state index in [0.29, 0.717) is 19.1 Å². The number of hydrogen-bond donors (Lipinski definition) is 1. The van der Waals surface area contributed by atoms with Crippen LogP contribution in [0.2, 0.25) is 0 Å². The molecule has 0 fully saturated rings. The molecular formula is C10H24Cl2N2O2S2. The van der Waals surface area contributed by atoms with Gasteiger partial charge in [-0.3, -0.25) is 4.79 Å². The van der Waals surface area contributed by atoms with Crippen molar-refractivity contribution in [3.05, 3.63) is 0 Å². The molecule has 0 bridgehead atoms. The first-order chi connectivity index (χ1) is 7.56. The number of halogens is 2. The predicted molar refractivity (Wildman–Crippen MR) is 86.6 cm³/mol. The molecule has 0 radical (unpaired) electrons. The minimum atomic E-state index is -0.198. The zero-order valence-electron chi connectivity index (χ0n) is 11.3. The van der Waals surface area contributed by atoms with Crippen LogP contribution in [-0.2, 0) is 9.53 Å². The quantitative estimate of drug-likeness (QED) is 0.542. The summed E-state index contributed by atoms with van der Waals surface area (Å²) in [4.78, 5) is 11.9. The summed E-state index contributed by atoms with van der Waals surface area (Å²) in [6.45, 7) is 4.87. The standard InChI is InChI=1S/C10H22N2O2S2.2ClH/c1-8(2)7-9(12(15-3)16-4)10(13)14-6-5-11;;/h8-9H,5-7,11H2,1-4H3;2*1H/t9-;;/m0../s1. The molecular weight excluding hydrogens is 315 g/mol. The summed E-state index contributed by atoms with van der Waals surface area (Å²) in [5.41, 5.74) is 5.32. The summed E-state index contributed by atoms with van der Waals surface area (Å²) in [5, 5.41) is 0. The fraction of sp³-hybridized carbons (Fsp3) is 0.900. The summed E-state index contributed by atoms with van der Waals surface area (Å²) in [5.74, 6) is 0.278. The highest BCUT2D eigenvalue weighted by Crippen LogP contribution is 2.25. The van der Waals surface area contributed by atoms with Crippen molar-refractivity contribution in [2.45, 2.75) is 26.3 Å².